The summed E-state index contributed by atoms with van der Waals surface area (Å²) in [4.78, 5) is 0. The molecule has 0 amide bonds. The van der Waals surface area contributed by atoms with Crippen molar-refractivity contribution in [1.29, 1.82) is 0 Å². The zero-order valence-electron chi connectivity index (χ0n) is 7.19. The summed E-state index contributed by atoms with van der Waals surface area (Å²) in [5, 5.41) is 0. The Labute approximate surface area is 80.7 Å². The lowest BCUT2D eigenvalue weighted by Crippen LogP contribution is -2.24. The lowest BCUT2D eigenvalue weighted by Gasteiger charge is -2.21. The van der Waals surface area contributed by atoms with Crippen LogP contribution in [0.1, 0.15) is 26.2 Å². The molecule has 0 aromatic heterocycles. The molecule has 0 aromatic carbocycles. The van der Waals surface area contributed by atoms with E-state index in [0.29, 0.717) is 0 Å². The average molecular weight is 233 g/mol. The molecular formula is C7H11ClF2O2S. The van der Waals surface area contributed by atoms with Crippen LogP contribution in [0.2, 0.25) is 0 Å². The molecule has 0 saturated heterocycles. The van der Waals surface area contributed by atoms with Gasteiger partial charge < -0.3 is 0 Å². The van der Waals surface area contributed by atoms with Crippen molar-refractivity contribution in [3.05, 3.63) is 0 Å². The second-order valence-electron chi connectivity index (χ2n) is 4.03. The molecule has 0 aromatic rings. The molecule has 78 valence electrons. The molecule has 1 aliphatic rings. The number of halogens is 3. The Morgan fingerprint density at radius 1 is 1.38 bits per heavy atom. The van der Waals surface area contributed by atoms with Gasteiger partial charge in [0, 0.05) is 23.5 Å². The number of hydrogen-bond donors (Lipinski definition) is 0. The first-order valence-corrected chi connectivity index (χ1v) is 6.40. The molecule has 0 bridgehead atoms. The molecular weight excluding hydrogens is 222 g/mol. The Bertz CT molecular complexity index is 302. The van der Waals surface area contributed by atoms with Crippen LogP contribution in [0.5, 0.6) is 0 Å². The molecule has 1 aliphatic carbocycles. The van der Waals surface area contributed by atoms with Crippen LogP contribution >= 0.6 is 10.7 Å². The highest BCUT2D eigenvalue weighted by molar-refractivity contribution is 8.13. The second kappa shape index (κ2) is 3.05. The van der Waals surface area contributed by atoms with Crippen LogP contribution in [0.25, 0.3) is 0 Å². The van der Waals surface area contributed by atoms with Gasteiger partial charge in [-0.25, -0.2) is 17.2 Å². The second-order valence-corrected chi connectivity index (χ2v) is 6.80. The van der Waals surface area contributed by atoms with Crippen LogP contribution in [0.4, 0.5) is 8.78 Å². The summed E-state index contributed by atoms with van der Waals surface area (Å²) in [6, 6.07) is 0. The van der Waals surface area contributed by atoms with Crippen molar-refractivity contribution >= 4 is 19.7 Å². The Morgan fingerprint density at radius 3 is 2.23 bits per heavy atom. The molecule has 13 heavy (non-hydrogen) atoms. The van der Waals surface area contributed by atoms with Crippen LogP contribution < -0.4 is 0 Å². The topological polar surface area (TPSA) is 34.1 Å². The SMILES string of the molecule is CC1(CS(=O)(=O)Cl)CCC(F)(F)C1. The van der Waals surface area contributed by atoms with Gasteiger partial charge in [0.15, 0.2) is 0 Å². The van der Waals surface area contributed by atoms with E-state index in [1.54, 1.807) is 0 Å². The van der Waals surface area contributed by atoms with Gasteiger partial charge in [-0.15, -0.1) is 0 Å². The molecule has 0 heterocycles. The van der Waals surface area contributed by atoms with Crippen LogP contribution in [0.3, 0.4) is 0 Å². The van der Waals surface area contributed by atoms with Crippen LogP contribution in [-0.2, 0) is 9.05 Å². The summed E-state index contributed by atoms with van der Waals surface area (Å²) in [5.41, 5.74) is -0.857. The first-order chi connectivity index (χ1) is 5.62. The fourth-order valence-electron chi connectivity index (χ4n) is 1.83. The summed E-state index contributed by atoms with van der Waals surface area (Å²) in [6.45, 7) is 1.54. The number of rotatable bonds is 2. The van der Waals surface area contributed by atoms with Gasteiger partial charge >= 0.3 is 0 Å². The number of hydrogen-bond acceptors (Lipinski definition) is 2. The quantitative estimate of drug-likeness (QED) is 0.685. The van der Waals surface area contributed by atoms with Gasteiger partial charge in [0.2, 0.25) is 15.0 Å². The molecule has 1 fully saturated rings. The third-order valence-electron chi connectivity index (χ3n) is 2.30. The highest BCUT2D eigenvalue weighted by Gasteiger charge is 2.48. The van der Waals surface area contributed by atoms with Crippen molar-refractivity contribution in [1.82, 2.24) is 0 Å². The maximum atomic E-state index is 12.8. The van der Waals surface area contributed by atoms with Gasteiger partial charge in [-0.1, -0.05) is 6.92 Å². The first kappa shape index (κ1) is 11.2. The molecule has 0 aliphatic heterocycles. The van der Waals surface area contributed by atoms with Crippen molar-refractivity contribution in [2.75, 3.05) is 5.75 Å². The molecule has 2 nitrogen and oxygen atoms in total. The minimum Gasteiger partial charge on any atom is -0.212 e. The smallest absolute Gasteiger partial charge is 0.212 e. The minimum absolute atomic E-state index is 0.214. The van der Waals surface area contributed by atoms with Gasteiger partial charge in [0.05, 0.1) is 5.75 Å². The molecule has 0 N–H and O–H groups in total. The van der Waals surface area contributed by atoms with Crippen LogP contribution in [-0.4, -0.2) is 20.1 Å². The Balaban J connectivity index is 2.71. The standard InChI is InChI=1S/C7H11ClF2O2S/c1-6(5-13(8,11)12)2-3-7(9,10)4-6/h2-5H2,1H3. The van der Waals surface area contributed by atoms with Gasteiger partial charge in [-0.05, 0) is 11.8 Å². The third-order valence-corrected chi connectivity index (χ3v) is 3.67. The van der Waals surface area contributed by atoms with Crippen molar-refractivity contribution in [3.8, 4) is 0 Å². The van der Waals surface area contributed by atoms with E-state index in [1.807, 2.05) is 0 Å². The Hall–Kier alpha value is 0.1000. The third kappa shape index (κ3) is 3.38. The zero-order chi connectivity index (χ0) is 10.3. The van der Waals surface area contributed by atoms with E-state index in [0.717, 1.165) is 0 Å². The molecule has 1 unspecified atom stereocenters. The molecule has 1 saturated carbocycles. The maximum absolute atomic E-state index is 12.8. The van der Waals surface area contributed by atoms with Crippen LogP contribution in [0, 0.1) is 5.41 Å². The molecule has 6 heteroatoms. The fraction of sp³-hybridized carbons (Fsp3) is 1.00. The maximum Gasteiger partial charge on any atom is 0.248 e. The molecule has 1 rings (SSSR count). The summed E-state index contributed by atoms with van der Waals surface area (Å²) in [7, 11) is 1.35. The number of alkyl halides is 2. The predicted molar refractivity (Wildman–Crippen MR) is 46.5 cm³/mol. The van der Waals surface area contributed by atoms with E-state index in [4.69, 9.17) is 10.7 Å². The first-order valence-electron chi connectivity index (χ1n) is 3.92. The monoisotopic (exact) mass is 232 g/mol. The van der Waals surface area contributed by atoms with E-state index in [-0.39, 0.29) is 25.0 Å². The molecule has 1 atom stereocenters. The van der Waals surface area contributed by atoms with E-state index < -0.39 is 20.4 Å². The van der Waals surface area contributed by atoms with Gasteiger partial charge in [-0.2, -0.15) is 0 Å². The highest BCUT2D eigenvalue weighted by atomic mass is 35.7. The summed E-state index contributed by atoms with van der Waals surface area (Å²) < 4.78 is 47.0. The average Bonchev–Trinajstić information content (AvgIpc) is 2.00. The Kier molecular flexibility index (Phi) is 2.62. The van der Waals surface area contributed by atoms with Crippen molar-refractivity contribution < 1.29 is 17.2 Å². The summed E-state index contributed by atoms with van der Waals surface area (Å²) >= 11 is 0. The van der Waals surface area contributed by atoms with E-state index in [1.165, 1.54) is 6.92 Å². The predicted octanol–water partition coefficient (Wildman–Crippen LogP) is 2.38. The molecule has 0 radical (unpaired) electrons. The van der Waals surface area contributed by atoms with E-state index >= 15 is 0 Å². The fourth-order valence-corrected chi connectivity index (χ4v) is 3.69. The largest absolute Gasteiger partial charge is 0.248 e. The van der Waals surface area contributed by atoms with Crippen molar-refractivity contribution in [3.63, 3.8) is 0 Å². The summed E-state index contributed by atoms with van der Waals surface area (Å²) in [6.07, 6.45) is -0.409. The normalized spacial score (nSPS) is 33.5. The van der Waals surface area contributed by atoms with E-state index in [9.17, 15) is 17.2 Å². The minimum atomic E-state index is -3.68. The highest BCUT2D eigenvalue weighted by Crippen LogP contribution is 2.47. The lowest BCUT2D eigenvalue weighted by atomic mass is 9.91. The van der Waals surface area contributed by atoms with Gasteiger partial charge in [0.25, 0.3) is 0 Å². The molecule has 0 spiro atoms. The lowest BCUT2D eigenvalue weighted by molar-refractivity contribution is -0.000171. The Morgan fingerprint density at radius 2 is 1.92 bits per heavy atom. The van der Waals surface area contributed by atoms with Crippen molar-refractivity contribution in [2.45, 2.75) is 32.1 Å². The zero-order valence-corrected chi connectivity index (χ0v) is 8.76. The summed E-state index contributed by atoms with van der Waals surface area (Å²) in [5.74, 6) is -3.09. The van der Waals surface area contributed by atoms with Gasteiger partial charge in [-0.3, -0.25) is 0 Å². The van der Waals surface area contributed by atoms with Crippen LogP contribution in [0.15, 0.2) is 0 Å². The van der Waals surface area contributed by atoms with E-state index in [2.05, 4.69) is 0 Å². The van der Waals surface area contributed by atoms with Gasteiger partial charge in [0.1, 0.15) is 0 Å². The van der Waals surface area contributed by atoms with Crippen molar-refractivity contribution in [2.24, 2.45) is 5.41 Å².